The Morgan fingerprint density at radius 2 is 2.00 bits per heavy atom. The molecule has 0 bridgehead atoms. The summed E-state index contributed by atoms with van der Waals surface area (Å²) >= 11 is 0. The Hall–Kier alpha value is -1.12. The lowest BCUT2D eigenvalue weighted by Gasteiger charge is -2.01. The molecule has 0 fully saturated rings. The van der Waals surface area contributed by atoms with Crippen molar-refractivity contribution in [2.24, 2.45) is 5.73 Å². The van der Waals surface area contributed by atoms with Crippen molar-refractivity contribution in [1.29, 1.82) is 0 Å². The summed E-state index contributed by atoms with van der Waals surface area (Å²) < 4.78 is 5.03. The van der Waals surface area contributed by atoms with Crippen molar-refractivity contribution in [3.8, 4) is 0 Å². The smallest absolute Gasteiger partial charge is 0.0713 e. The summed E-state index contributed by atoms with van der Waals surface area (Å²) in [7, 11) is 1.70. The molecule has 2 N–H and O–H groups in total. The molecule has 2 heteroatoms. The van der Waals surface area contributed by atoms with Crippen molar-refractivity contribution in [2.45, 2.75) is 13.5 Å². The SMILES string of the molecule is COCc1ccc(C=C(C)CN)cc1. The van der Waals surface area contributed by atoms with Crippen LogP contribution in [0.15, 0.2) is 29.8 Å². The molecule has 0 aliphatic rings. The van der Waals surface area contributed by atoms with E-state index in [-0.39, 0.29) is 0 Å². The maximum atomic E-state index is 5.51. The molecule has 0 atom stereocenters. The Bertz CT molecular complexity index is 301. The van der Waals surface area contributed by atoms with Crippen molar-refractivity contribution in [2.75, 3.05) is 13.7 Å². The molecule has 1 aromatic carbocycles. The largest absolute Gasteiger partial charge is 0.380 e. The molecule has 2 nitrogen and oxygen atoms in total. The summed E-state index contributed by atoms with van der Waals surface area (Å²) in [5.41, 5.74) is 9.07. The summed E-state index contributed by atoms with van der Waals surface area (Å²) in [6.45, 7) is 3.31. The Morgan fingerprint density at radius 3 is 2.50 bits per heavy atom. The highest BCUT2D eigenvalue weighted by atomic mass is 16.5. The lowest BCUT2D eigenvalue weighted by Crippen LogP contribution is -1.99. The van der Waals surface area contributed by atoms with Crippen LogP contribution in [0.5, 0.6) is 0 Å². The summed E-state index contributed by atoms with van der Waals surface area (Å²) in [6.07, 6.45) is 2.09. The summed E-state index contributed by atoms with van der Waals surface area (Å²) in [5, 5.41) is 0. The van der Waals surface area contributed by atoms with E-state index in [1.807, 2.05) is 6.92 Å². The second-order valence-corrected chi connectivity index (χ2v) is 3.37. The van der Waals surface area contributed by atoms with Crippen molar-refractivity contribution in [3.63, 3.8) is 0 Å². The fourth-order valence-electron chi connectivity index (χ4n) is 1.22. The average molecular weight is 191 g/mol. The lowest BCUT2D eigenvalue weighted by atomic mass is 10.1. The second kappa shape index (κ2) is 5.58. The van der Waals surface area contributed by atoms with Crippen LogP contribution >= 0.6 is 0 Å². The van der Waals surface area contributed by atoms with Gasteiger partial charge in [-0.05, 0) is 18.1 Å². The topological polar surface area (TPSA) is 35.2 Å². The fourth-order valence-corrected chi connectivity index (χ4v) is 1.22. The van der Waals surface area contributed by atoms with Gasteiger partial charge in [-0.15, -0.1) is 0 Å². The van der Waals surface area contributed by atoms with E-state index >= 15 is 0 Å². The van der Waals surface area contributed by atoms with Gasteiger partial charge in [-0.1, -0.05) is 35.9 Å². The van der Waals surface area contributed by atoms with E-state index in [1.54, 1.807) is 7.11 Å². The first-order chi connectivity index (χ1) is 6.76. The average Bonchev–Trinajstić information content (AvgIpc) is 2.21. The van der Waals surface area contributed by atoms with E-state index in [2.05, 4.69) is 30.3 Å². The predicted octanol–water partition coefficient (Wildman–Crippen LogP) is 2.20. The highest BCUT2D eigenvalue weighted by Crippen LogP contribution is 2.08. The first-order valence-electron chi connectivity index (χ1n) is 4.71. The molecule has 0 aromatic heterocycles. The molecule has 0 amide bonds. The normalized spacial score (nSPS) is 11.8. The first-order valence-corrected chi connectivity index (χ1v) is 4.71. The van der Waals surface area contributed by atoms with Gasteiger partial charge in [0.2, 0.25) is 0 Å². The maximum absolute atomic E-state index is 5.51. The van der Waals surface area contributed by atoms with Gasteiger partial charge in [0.05, 0.1) is 6.61 Å². The van der Waals surface area contributed by atoms with E-state index in [9.17, 15) is 0 Å². The van der Waals surface area contributed by atoms with Crippen LogP contribution in [0, 0.1) is 0 Å². The van der Waals surface area contributed by atoms with Crippen LogP contribution < -0.4 is 5.73 Å². The van der Waals surface area contributed by atoms with Crippen LogP contribution in [0.3, 0.4) is 0 Å². The highest BCUT2D eigenvalue weighted by molar-refractivity contribution is 5.52. The molecular formula is C12H17NO. The first kappa shape index (κ1) is 11.0. The van der Waals surface area contributed by atoms with E-state index in [0.29, 0.717) is 13.2 Å². The Balaban J connectivity index is 2.73. The van der Waals surface area contributed by atoms with Gasteiger partial charge in [-0.3, -0.25) is 0 Å². The van der Waals surface area contributed by atoms with Crippen molar-refractivity contribution in [3.05, 3.63) is 41.0 Å². The fraction of sp³-hybridized carbons (Fsp3) is 0.333. The number of nitrogens with two attached hydrogens (primary N) is 1. The molecule has 1 aromatic rings. The minimum absolute atomic E-state index is 0.611. The molecule has 0 aliphatic carbocycles. The third kappa shape index (κ3) is 3.32. The van der Waals surface area contributed by atoms with Crippen LogP contribution in [0.1, 0.15) is 18.1 Å². The second-order valence-electron chi connectivity index (χ2n) is 3.37. The molecule has 14 heavy (non-hydrogen) atoms. The summed E-state index contributed by atoms with van der Waals surface area (Å²) in [6, 6.07) is 8.29. The van der Waals surface area contributed by atoms with Crippen molar-refractivity contribution < 1.29 is 4.74 Å². The lowest BCUT2D eigenvalue weighted by molar-refractivity contribution is 0.185. The highest BCUT2D eigenvalue weighted by Gasteiger charge is 1.92. The minimum Gasteiger partial charge on any atom is -0.380 e. The van der Waals surface area contributed by atoms with Gasteiger partial charge in [0.25, 0.3) is 0 Å². The van der Waals surface area contributed by atoms with Crippen LogP contribution in [0.25, 0.3) is 6.08 Å². The zero-order valence-electron chi connectivity index (χ0n) is 8.79. The van der Waals surface area contributed by atoms with Crippen LogP contribution in [0.2, 0.25) is 0 Å². The van der Waals surface area contributed by atoms with Crippen molar-refractivity contribution in [1.82, 2.24) is 0 Å². The van der Waals surface area contributed by atoms with Crippen LogP contribution in [0.4, 0.5) is 0 Å². The number of hydrogen-bond acceptors (Lipinski definition) is 2. The Morgan fingerprint density at radius 1 is 1.36 bits per heavy atom. The molecule has 76 valence electrons. The Labute approximate surface area is 85.4 Å². The monoisotopic (exact) mass is 191 g/mol. The number of benzene rings is 1. The van der Waals surface area contributed by atoms with E-state index in [4.69, 9.17) is 10.5 Å². The van der Waals surface area contributed by atoms with E-state index in [1.165, 1.54) is 16.7 Å². The molecular weight excluding hydrogens is 174 g/mol. The molecule has 0 saturated heterocycles. The summed E-state index contributed by atoms with van der Waals surface area (Å²) in [4.78, 5) is 0. The third-order valence-electron chi connectivity index (χ3n) is 2.03. The van der Waals surface area contributed by atoms with Gasteiger partial charge in [0, 0.05) is 13.7 Å². The zero-order chi connectivity index (χ0) is 10.4. The molecule has 0 radical (unpaired) electrons. The van der Waals surface area contributed by atoms with Crippen LogP contribution in [-0.2, 0) is 11.3 Å². The van der Waals surface area contributed by atoms with Gasteiger partial charge in [-0.2, -0.15) is 0 Å². The standard InChI is InChI=1S/C12H17NO/c1-10(8-13)7-11-3-5-12(6-4-11)9-14-2/h3-7H,8-9,13H2,1-2H3. The predicted molar refractivity (Wildman–Crippen MR) is 59.9 cm³/mol. The zero-order valence-corrected chi connectivity index (χ0v) is 8.79. The van der Waals surface area contributed by atoms with E-state index in [0.717, 1.165) is 0 Å². The number of rotatable bonds is 4. The third-order valence-corrected chi connectivity index (χ3v) is 2.03. The molecule has 0 saturated carbocycles. The molecule has 1 rings (SSSR count). The minimum atomic E-state index is 0.611. The van der Waals surface area contributed by atoms with Crippen molar-refractivity contribution >= 4 is 6.08 Å². The van der Waals surface area contributed by atoms with E-state index < -0.39 is 0 Å². The van der Waals surface area contributed by atoms with Crippen LogP contribution in [-0.4, -0.2) is 13.7 Å². The molecule has 0 spiro atoms. The molecule has 0 unspecified atom stereocenters. The number of methoxy groups -OCH3 is 1. The van der Waals surface area contributed by atoms with Gasteiger partial charge in [0.15, 0.2) is 0 Å². The number of hydrogen-bond donors (Lipinski definition) is 1. The molecule has 0 aliphatic heterocycles. The van der Waals surface area contributed by atoms with Gasteiger partial charge in [0.1, 0.15) is 0 Å². The molecule has 0 heterocycles. The summed E-state index contributed by atoms with van der Waals surface area (Å²) in [5.74, 6) is 0. The quantitative estimate of drug-likeness (QED) is 0.791. The van der Waals surface area contributed by atoms with Gasteiger partial charge in [-0.25, -0.2) is 0 Å². The number of ether oxygens (including phenoxy) is 1. The van der Waals surface area contributed by atoms with Gasteiger partial charge >= 0.3 is 0 Å². The Kier molecular flexibility index (Phi) is 4.36. The van der Waals surface area contributed by atoms with Gasteiger partial charge < -0.3 is 10.5 Å². The maximum Gasteiger partial charge on any atom is 0.0713 e.